The molecule has 0 spiro atoms. The summed E-state index contributed by atoms with van der Waals surface area (Å²) in [6.45, 7) is 1.59. The summed E-state index contributed by atoms with van der Waals surface area (Å²) in [7, 11) is 0. The summed E-state index contributed by atoms with van der Waals surface area (Å²) in [5, 5.41) is 0.837. The van der Waals surface area contributed by atoms with Crippen molar-refractivity contribution in [1.29, 1.82) is 0 Å². The van der Waals surface area contributed by atoms with Crippen molar-refractivity contribution < 1.29 is 22.7 Å². The van der Waals surface area contributed by atoms with Gasteiger partial charge in [-0.1, -0.05) is 18.2 Å². The Hall–Kier alpha value is -2.17. The van der Waals surface area contributed by atoms with Crippen LogP contribution in [0.3, 0.4) is 0 Å². The van der Waals surface area contributed by atoms with E-state index in [-0.39, 0.29) is 17.9 Å². The molecule has 112 valence electrons. The summed E-state index contributed by atoms with van der Waals surface area (Å²) in [6, 6.07) is 8.92. The number of carbonyl (C=O) groups is 1. The average Bonchev–Trinajstić information content (AvgIpc) is 2.90. The summed E-state index contributed by atoms with van der Waals surface area (Å²) in [4.78, 5) is 11.8. The van der Waals surface area contributed by atoms with Gasteiger partial charge in [-0.25, -0.2) is 4.79 Å². The highest BCUT2D eigenvalue weighted by Crippen LogP contribution is 2.19. The molecule has 0 radical (unpaired) electrons. The number of para-hydroxylation sites is 1. The first-order valence-electron chi connectivity index (χ1n) is 6.74. The highest BCUT2D eigenvalue weighted by atomic mass is 19.3. The van der Waals surface area contributed by atoms with Gasteiger partial charge in [0, 0.05) is 5.39 Å². The van der Waals surface area contributed by atoms with Crippen LogP contribution in [0.25, 0.3) is 11.0 Å². The number of unbranched alkanes of at least 4 members (excludes halogenated alkanes) is 1. The van der Waals surface area contributed by atoms with Crippen LogP contribution in [0.15, 0.2) is 46.4 Å². The first-order valence-corrected chi connectivity index (χ1v) is 6.74. The van der Waals surface area contributed by atoms with Crippen LogP contribution >= 0.6 is 0 Å². The van der Waals surface area contributed by atoms with E-state index in [1.54, 1.807) is 12.1 Å². The van der Waals surface area contributed by atoms with Crippen molar-refractivity contribution in [3.05, 3.63) is 47.7 Å². The van der Waals surface area contributed by atoms with Crippen LogP contribution in [-0.4, -0.2) is 12.6 Å². The highest BCUT2D eigenvalue weighted by molar-refractivity contribution is 5.92. The van der Waals surface area contributed by atoms with Gasteiger partial charge in [0.05, 0.1) is 6.61 Å². The minimum atomic E-state index is -1.63. The summed E-state index contributed by atoms with van der Waals surface area (Å²) >= 11 is 0. The fourth-order valence-corrected chi connectivity index (χ4v) is 1.91. The Morgan fingerprint density at radius 1 is 1.24 bits per heavy atom. The molecular formula is C16H16F2O3. The van der Waals surface area contributed by atoms with Crippen molar-refractivity contribution in [1.82, 2.24) is 0 Å². The molecule has 1 heterocycles. The number of rotatable bonds is 6. The number of ether oxygens (including phenoxy) is 1. The van der Waals surface area contributed by atoms with Gasteiger partial charge in [0.1, 0.15) is 5.58 Å². The van der Waals surface area contributed by atoms with E-state index < -0.39 is 12.0 Å². The van der Waals surface area contributed by atoms with Crippen LogP contribution in [0.4, 0.5) is 8.78 Å². The lowest BCUT2D eigenvalue weighted by Crippen LogP contribution is -2.05. The Morgan fingerprint density at radius 2 is 2.00 bits per heavy atom. The zero-order valence-corrected chi connectivity index (χ0v) is 11.7. The van der Waals surface area contributed by atoms with Crippen molar-refractivity contribution in [2.75, 3.05) is 6.61 Å². The van der Waals surface area contributed by atoms with E-state index in [2.05, 4.69) is 0 Å². The molecule has 0 saturated carbocycles. The molecule has 2 aromatic rings. The van der Waals surface area contributed by atoms with Crippen molar-refractivity contribution >= 4 is 16.9 Å². The van der Waals surface area contributed by atoms with Crippen molar-refractivity contribution in [2.45, 2.75) is 26.2 Å². The molecule has 0 fully saturated rings. The van der Waals surface area contributed by atoms with Gasteiger partial charge in [-0.2, -0.15) is 8.78 Å². The molecule has 0 bridgehead atoms. The summed E-state index contributed by atoms with van der Waals surface area (Å²) in [5.74, 6) is -0.378. The largest absolute Gasteiger partial charge is 0.460 e. The predicted octanol–water partition coefficient (Wildman–Crippen LogP) is 4.93. The first kappa shape index (κ1) is 15.2. The predicted molar refractivity (Wildman–Crippen MR) is 75.3 cm³/mol. The lowest BCUT2D eigenvalue weighted by atomic mass is 10.1. The number of hydrogen-bond acceptors (Lipinski definition) is 3. The van der Waals surface area contributed by atoms with E-state index in [0.717, 1.165) is 5.39 Å². The van der Waals surface area contributed by atoms with Gasteiger partial charge >= 0.3 is 5.97 Å². The maximum Gasteiger partial charge on any atom is 0.374 e. The molecule has 1 aromatic carbocycles. The van der Waals surface area contributed by atoms with Crippen LogP contribution in [0.5, 0.6) is 0 Å². The van der Waals surface area contributed by atoms with E-state index in [1.807, 2.05) is 18.2 Å². The van der Waals surface area contributed by atoms with E-state index >= 15 is 0 Å². The van der Waals surface area contributed by atoms with Crippen LogP contribution in [0.1, 0.15) is 36.7 Å². The topological polar surface area (TPSA) is 39.4 Å². The van der Waals surface area contributed by atoms with Crippen molar-refractivity contribution in [2.24, 2.45) is 0 Å². The Labute approximate surface area is 121 Å². The van der Waals surface area contributed by atoms with Crippen molar-refractivity contribution in [3.8, 4) is 0 Å². The van der Waals surface area contributed by atoms with Gasteiger partial charge in [0.25, 0.3) is 6.08 Å². The molecule has 2 rings (SSSR count). The third-order valence-electron chi connectivity index (χ3n) is 3.13. The Balaban J connectivity index is 1.78. The van der Waals surface area contributed by atoms with Gasteiger partial charge in [-0.3, -0.25) is 0 Å². The second-order valence-electron chi connectivity index (χ2n) is 4.78. The van der Waals surface area contributed by atoms with Gasteiger partial charge in [-0.05, 0) is 43.9 Å². The number of fused-ring (bicyclic) bond motifs is 1. The number of hydrogen-bond donors (Lipinski definition) is 0. The highest BCUT2D eigenvalue weighted by Gasteiger charge is 2.13. The average molecular weight is 294 g/mol. The molecule has 0 atom stereocenters. The maximum absolute atomic E-state index is 12.2. The first-order chi connectivity index (χ1) is 10.1. The number of esters is 1. The number of allylic oxidation sites excluding steroid dienone is 1. The smallest absolute Gasteiger partial charge is 0.374 e. The number of benzene rings is 1. The zero-order valence-electron chi connectivity index (χ0n) is 11.7. The normalized spacial score (nSPS) is 10.6. The van der Waals surface area contributed by atoms with E-state index in [1.165, 1.54) is 6.92 Å². The molecule has 0 aliphatic rings. The summed E-state index contributed by atoms with van der Waals surface area (Å²) in [5.41, 5.74) is 0.710. The second kappa shape index (κ2) is 7.02. The Kier molecular flexibility index (Phi) is 5.09. The number of halogens is 2. The molecule has 5 heteroatoms. The van der Waals surface area contributed by atoms with E-state index in [0.29, 0.717) is 24.8 Å². The van der Waals surface area contributed by atoms with E-state index in [9.17, 15) is 13.6 Å². The second-order valence-corrected chi connectivity index (χ2v) is 4.78. The van der Waals surface area contributed by atoms with Crippen LogP contribution in [0, 0.1) is 0 Å². The summed E-state index contributed by atoms with van der Waals surface area (Å²) in [6.07, 6.45) is -0.230. The summed E-state index contributed by atoms with van der Waals surface area (Å²) < 4.78 is 34.8. The van der Waals surface area contributed by atoms with Crippen LogP contribution < -0.4 is 0 Å². The van der Waals surface area contributed by atoms with Gasteiger partial charge in [0.2, 0.25) is 5.76 Å². The zero-order chi connectivity index (χ0) is 15.2. The molecule has 0 unspecified atom stereocenters. The standard InChI is InChI=1S/C16H16F2O3/c1-11(15(17)18)6-4-5-9-20-16(19)14-10-12-7-2-3-8-13(12)21-14/h2-3,7-8,10H,4-6,9H2,1H3. The fraction of sp³-hybridized carbons (Fsp3) is 0.312. The number of furan rings is 1. The van der Waals surface area contributed by atoms with Gasteiger partial charge < -0.3 is 9.15 Å². The molecule has 0 saturated heterocycles. The monoisotopic (exact) mass is 294 g/mol. The third kappa shape index (κ3) is 4.15. The molecule has 0 amide bonds. The number of carbonyl (C=O) groups excluding carboxylic acids is 1. The quantitative estimate of drug-likeness (QED) is 0.560. The van der Waals surface area contributed by atoms with E-state index in [4.69, 9.17) is 9.15 Å². The minimum Gasteiger partial charge on any atom is -0.460 e. The van der Waals surface area contributed by atoms with Crippen LogP contribution in [-0.2, 0) is 4.74 Å². The lowest BCUT2D eigenvalue weighted by molar-refractivity contribution is 0.0464. The molecule has 0 aliphatic carbocycles. The Bertz CT molecular complexity index is 621. The van der Waals surface area contributed by atoms with Gasteiger partial charge in [0.15, 0.2) is 0 Å². The molecule has 3 nitrogen and oxygen atoms in total. The minimum absolute atomic E-state index is 0.0820. The fourth-order valence-electron chi connectivity index (χ4n) is 1.91. The Morgan fingerprint density at radius 3 is 2.71 bits per heavy atom. The van der Waals surface area contributed by atoms with Crippen LogP contribution in [0.2, 0.25) is 0 Å². The maximum atomic E-state index is 12.2. The SMILES string of the molecule is CC(CCCCOC(=O)c1cc2ccccc2o1)=C(F)F. The molecular weight excluding hydrogens is 278 g/mol. The lowest BCUT2D eigenvalue weighted by Gasteiger charge is -2.03. The molecule has 0 aliphatic heterocycles. The van der Waals surface area contributed by atoms with Gasteiger partial charge in [-0.15, -0.1) is 0 Å². The van der Waals surface area contributed by atoms with Crippen molar-refractivity contribution in [3.63, 3.8) is 0 Å². The molecule has 21 heavy (non-hydrogen) atoms. The molecule has 1 aromatic heterocycles. The third-order valence-corrected chi connectivity index (χ3v) is 3.13. The molecule has 0 N–H and O–H groups in total.